The molecule has 4 rings (SSSR count). The van der Waals surface area contributed by atoms with Gasteiger partial charge in [0.15, 0.2) is 0 Å². The summed E-state index contributed by atoms with van der Waals surface area (Å²) in [4.78, 5) is 26.4. The molecule has 0 aromatic heterocycles. The van der Waals surface area contributed by atoms with E-state index >= 15 is 0 Å². The molecule has 5 heteroatoms. The molecule has 37 heavy (non-hydrogen) atoms. The number of hydrogen-bond donors (Lipinski definition) is 2. The topological polar surface area (TPSA) is 77.8 Å². The number of carboxylic acid groups (broad SMARTS) is 1. The summed E-state index contributed by atoms with van der Waals surface area (Å²) in [5.41, 5.74) is 4.93. The largest absolute Gasteiger partial charge is 0.507 e. The maximum atomic E-state index is 13.4. The number of carbonyl (C=O) groups is 2. The van der Waals surface area contributed by atoms with Crippen LogP contribution in [-0.4, -0.2) is 22.1 Å². The van der Waals surface area contributed by atoms with Crippen molar-refractivity contribution in [2.24, 2.45) is 5.92 Å². The van der Waals surface area contributed by atoms with Crippen LogP contribution in [0.4, 0.5) is 5.69 Å². The van der Waals surface area contributed by atoms with E-state index in [2.05, 4.69) is 43.3 Å². The molecule has 3 aromatic carbocycles. The fourth-order valence-electron chi connectivity index (χ4n) is 5.18. The lowest BCUT2D eigenvalue weighted by molar-refractivity contribution is -0.119. The van der Waals surface area contributed by atoms with E-state index in [1.165, 1.54) is 56.2 Å². The minimum absolute atomic E-state index is 0.0129. The molecule has 5 nitrogen and oxygen atoms in total. The first-order chi connectivity index (χ1) is 17.9. The number of carboxylic acids is 1. The standard InChI is InChI=1S/C32H37NO4/c1-2-3-6-24-9-14-26(15-10-24)27-16-11-25(12-17-27)22-33(31(35)20-13-23-7-4-5-8-23)28-18-19-29(32(36)37)30(34)21-28/h9-12,14-19,21,23,34H,2-8,13,20,22H2,1H3,(H,36,37). The zero-order valence-corrected chi connectivity index (χ0v) is 21.7. The predicted molar refractivity (Wildman–Crippen MR) is 148 cm³/mol. The molecule has 1 aliphatic rings. The second-order valence-corrected chi connectivity index (χ2v) is 10.2. The molecule has 1 fully saturated rings. The number of amides is 1. The molecule has 0 radical (unpaired) electrons. The van der Waals surface area contributed by atoms with Crippen LogP contribution in [0.1, 0.15) is 79.8 Å². The number of rotatable bonds is 11. The van der Waals surface area contributed by atoms with Gasteiger partial charge in [0.2, 0.25) is 5.91 Å². The highest BCUT2D eigenvalue weighted by molar-refractivity contribution is 5.96. The van der Waals surface area contributed by atoms with Crippen LogP contribution in [0.25, 0.3) is 11.1 Å². The Morgan fingerprint density at radius 1 is 0.892 bits per heavy atom. The van der Waals surface area contributed by atoms with E-state index in [1.54, 1.807) is 11.0 Å². The summed E-state index contributed by atoms with van der Waals surface area (Å²) in [6.07, 6.45) is 9.62. The molecular formula is C32H37NO4. The highest BCUT2D eigenvalue weighted by Gasteiger charge is 2.22. The van der Waals surface area contributed by atoms with Crippen molar-refractivity contribution in [1.82, 2.24) is 0 Å². The number of unbranched alkanes of at least 4 members (excludes halogenated alkanes) is 1. The molecule has 1 saturated carbocycles. The second-order valence-electron chi connectivity index (χ2n) is 10.2. The van der Waals surface area contributed by atoms with Gasteiger partial charge in [-0.15, -0.1) is 0 Å². The molecule has 0 spiro atoms. The Hall–Kier alpha value is -3.60. The van der Waals surface area contributed by atoms with Gasteiger partial charge in [0.1, 0.15) is 11.3 Å². The first kappa shape index (κ1) is 26.5. The number of phenols is 1. The Morgan fingerprint density at radius 2 is 1.51 bits per heavy atom. The van der Waals surface area contributed by atoms with Crippen molar-refractivity contribution >= 4 is 17.6 Å². The molecule has 0 saturated heterocycles. The van der Waals surface area contributed by atoms with Gasteiger partial charge in [-0.3, -0.25) is 4.79 Å². The number of hydrogen-bond acceptors (Lipinski definition) is 3. The maximum absolute atomic E-state index is 13.4. The minimum atomic E-state index is -1.20. The Bertz CT molecular complexity index is 1190. The highest BCUT2D eigenvalue weighted by atomic mass is 16.4. The van der Waals surface area contributed by atoms with Gasteiger partial charge in [0, 0.05) is 18.2 Å². The molecule has 0 atom stereocenters. The van der Waals surface area contributed by atoms with Crippen LogP contribution in [0.2, 0.25) is 0 Å². The molecule has 0 bridgehead atoms. The Labute approximate surface area is 219 Å². The first-order valence-corrected chi connectivity index (χ1v) is 13.5. The van der Waals surface area contributed by atoms with Crippen LogP contribution in [0.3, 0.4) is 0 Å². The first-order valence-electron chi connectivity index (χ1n) is 13.5. The Morgan fingerprint density at radius 3 is 2.08 bits per heavy atom. The zero-order chi connectivity index (χ0) is 26.2. The highest BCUT2D eigenvalue weighted by Crippen LogP contribution is 2.31. The molecule has 1 amide bonds. The number of aryl methyl sites for hydroxylation is 1. The van der Waals surface area contributed by atoms with E-state index in [1.807, 2.05) is 12.1 Å². The molecule has 194 valence electrons. The fourth-order valence-corrected chi connectivity index (χ4v) is 5.18. The van der Waals surface area contributed by atoms with Gasteiger partial charge in [0.05, 0.1) is 6.54 Å². The Balaban J connectivity index is 1.51. The third kappa shape index (κ3) is 7.00. The van der Waals surface area contributed by atoms with E-state index in [4.69, 9.17) is 0 Å². The number of carbonyl (C=O) groups excluding carboxylic acids is 1. The summed E-state index contributed by atoms with van der Waals surface area (Å²) in [6, 6.07) is 21.2. The molecule has 3 aromatic rings. The van der Waals surface area contributed by atoms with E-state index in [9.17, 15) is 19.8 Å². The summed E-state index contributed by atoms with van der Waals surface area (Å²) < 4.78 is 0. The fraction of sp³-hybridized carbons (Fsp3) is 0.375. The normalized spacial score (nSPS) is 13.5. The van der Waals surface area contributed by atoms with E-state index in [-0.39, 0.29) is 17.2 Å². The molecule has 0 aliphatic heterocycles. The number of anilines is 1. The number of benzene rings is 3. The monoisotopic (exact) mass is 499 g/mol. The van der Waals surface area contributed by atoms with Gasteiger partial charge in [-0.05, 0) is 59.6 Å². The third-order valence-electron chi connectivity index (χ3n) is 7.47. The summed E-state index contributed by atoms with van der Waals surface area (Å²) in [5, 5.41) is 19.5. The molecular weight excluding hydrogens is 462 g/mol. The van der Waals surface area contributed by atoms with Crippen LogP contribution in [-0.2, 0) is 17.8 Å². The smallest absolute Gasteiger partial charge is 0.339 e. The van der Waals surface area contributed by atoms with Gasteiger partial charge in [-0.2, -0.15) is 0 Å². The number of aromatic carboxylic acids is 1. The lowest BCUT2D eigenvalue weighted by Gasteiger charge is -2.24. The van der Waals surface area contributed by atoms with Crippen molar-refractivity contribution in [1.29, 1.82) is 0 Å². The summed E-state index contributed by atoms with van der Waals surface area (Å²) in [7, 11) is 0. The van der Waals surface area contributed by atoms with Gasteiger partial charge in [-0.1, -0.05) is 87.6 Å². The van der Waals surface area contributed by atoms with Crippen LogP contribution in [0, 0.1) is 5.92 Å². The quantitative estimate of drug-likeness (QED) is 0.285. The van der Waals surface area contributed by atoms with E-state index in [0.717, 1.165) is 29.5 Å². The van der Waals surface area contributed by atoms with Crippen molar-refractivity contribution in [3.8, 4) is 16.9 Å². The van der Waals surface area contributed by atoms with Gasteiger partial charge in [-0.25, -0.2) is 4.79 Å². The average Bonchev–Trinajstić information content (AvgIpc) is 3.43. The van der Waals surface area contributed by atoms with Gasteiger partial charge in [0.25, 0.3) is 0 Å². The van der Waals surface area contributed by atoms with Crippen molar-refractivity contribution in [2.75, 3.05) is 4.90 Å². The summed E-state index contributed by atoms with van der Waals surface area (Å²) >= 11 is 0. The number of aromatic hydroxyl groups is 1. The molecule has 0 unspecified atom stereocenters. The summed E-state index contributed by atoms with van der Waals surface area (Å²) in [5.74, 6) is -0.948. The lowest BCUT2D eigenvalue weighted by atomic mass is 10.00. The lowest BCUT2D eigenvalue weighted by Crippen LogP contribution is -2.30. The maximum Gasteiger partial charge on any atom is 0.339 e. The van der Waals surface area contributed by atoms with E-state index in [0.29, 0.717) is 24.6 Å². The molecule has 2 N–H and O–H groups in total. The van der Waals surface area contributed by atoms with Crippen LogP contribution < -0.4 is 4.90 Å². The third-order valence-corrected chi connectivity index (χ3v) is 7.47. The van der Waals surface area contributed by atoms with Crippen molar-refractivity contribution in [2.45, 2.75) is 71.3 Å². The van der Waals surface area contributed by atoms with Crippen LogP contribution >= 0.6 is 0 Å². The van der Waals surface area contributed by atoms with Gasteiger partial charge < -0.3 is 15.1 Å². The second kappa shape index (κ2) is 12.6. The van der Waals surface area contributed by atoms with Crippen molar-refractivity contribution < 1.29 is 19.8 Å². The van der Waals surface area contributed by atoms with E-state index < -0.39 is 5.97 Å². The van der Waals surface area contributed by atoms with Gasteiger partial charge >= 0.3 is 5.97 Å². The SMILES string of the molecule is CCCCc1ccc(-c2ccc(CN(C(=O)CCC3CCCC3)c3ccc(C(=O)O)c(O)c3)cc2)cc1. The Kier molecular flexibility index (Phi) is 8.99. The van der Waals surface area contributed by atoms with Crippen molar-refractivity contribution in [3.05, 3.63) is 83.4 Å². The summed E-state index contributed by atoms with van der Waals surface area (Å²) in [6.45, 7) is 2.56. The molecule has 1 aliphatic carbocycles. The zero-order valence-electron chi connectivity index (χ0n) is 21.7. The van der Waals surface area contributed by atoms with Crippen LogP contribution in [0.5, 0.6) is 5.75 Å². The van der Waals surface area contributed by atoms with Crippen LogP contribution in [0.15, 0.2) is 66.7 Å². The average molecular weight is 500 g/mol. The predicted octanol–water partition coefficient (Wildman–Crippen LogP) is 7.60. The molecule has 0 heterocycles. The van der Waals surface area contributed by atoms with Crippen molar-refractivity contribution in [3.63, 3.8) is 0 Å². The number of nitrogens with zero attached hydrogens (tertiary/aromatic N) is 1. The minimum Gasteiger partial charge on any atom is -0.507 e.